The predicted molar refractivity (Wildman–Crippen MR) is 82.3 cm³/mol. The SMILES string of the molecule is Cc1ccc(Sc2ncccc2OC(C)C)cc1C(=O)O. The molecule has 4 nitrogen and oxygen atoms in total. The molecule has 0 aliphatic rings. The number of hydrogen-bond acceptors (Lipinski definition) is 4. The molecule has 0 saturated carbocycles. The number of ether oxygens (including phenoxy) is 1. The third-order valence-corrected chi connectivity index (χ3v) is 3.74. The number of aromatic nitrogens is 1. The molecule has 5 heteroatoms. The Bertz CT molecular complexity index is 656. The number of carboxylic acid groups (broad SMARTS) is 1. The molecule has 0 atom stereocenters. The summed E-state index contributed by atoms with van der Waals surface area (Å²) in [7, 11) is 0. The first-order chi connectivity index (χ1) is 9.97. The number of rotatable bonds is 5. The Morgan fingerprint density at radius 3 is 2.76 bits per heavy atom. The van der Waals surface area contributed by atoms with Crippen LogP contribution >= 0.6 is 11.8 Å². The van der Waals surface area contributed by atoms with Crippen LogP contribution in [0.1, 0.15) is 29.8 Å². The Balaban J connectivity index is 2.30. The standard InChI is InChI=1S/C16H17NO3S/c1-10(2)20-14-5-4-8-17-15(14)21-12-7-6-11(3)13(9-12)16(18)19/h4-10H,1-3H3,(H,18,19). The van der Waals surface area contributed by atoms with Crippen LogP contribution in [0, 0.1) is 6.92 Å². The Kier molecular flexibility index (Phi) is 4.85. The fourth-order valence-corrected chi connectivity index (χ4v) is 2.67. The summed E-state index contributed by atoms with van der Waals surface area (Å²) >= 11 is 1.40. The smallest absolute Gasteiger partial charge is 0.335 e. The van der Waals surface area contributed by atoms with Crippen molar-refractivity contribution in [3.8, 4) is 5.75 Å². The van der Waals surface area contributed by atoms with Gasteiger partial charge in [0.2, 0.25) is 0 Å². The summed E-state index contributed by atoms with van der Waals surface area (Å²) in [6.45, 7) is 5.69. The molecule has 0 unspecified atom stereocenters. The monoisotopic (exact) mass is 303 g/mol. The fourth-order valence-electron chi connectivity index (χ4n) is 1.80. The van der Waals surface area contributed by atoms with E-state index in [1.165, 1.54) is 11.8 Å². The van der Waals surface area contributed by atoms with Crippen LogP contribution in [0.25, 0.3) is 0 Å². The molecule has 0 aliphatic heterocycles. The normalized spacial score (nSPS) is 10.7. The van der Waals surface area contributed by atoms with Crippen molar-refractivity contribution < 1.29 is 14.6 Å². The van der Waals surface area contributed by atoms with Crippen molar-refractivity contribution in [2.45, 2.75) is 36.8 Å². The predicted octanol–water partition coefficient (Wildman–Crippen LogP) is 4.03. The van der Waals surface area contributed by atoms with Crippen molar-refractivity contribution in [3.63, 3.8) is 0 Å². The van der Waals surface area contributed by atoms with Gasteiger partial charge < -0.3 is 9.84 Å². The molecule has 0 aliphatic carbocycles. The van der Waals surface area contributed by atoms with E-state index in [1.54, 1.807) is 25.3 Å². The van der Waals surface area contributed by atoms with Gasteiger partial charge in [-0.25, -0.2) is 9.78 Å². The molecule has 0 fully saturated rings. The number of carboxylic acids is 1. The summed E-state index contributed by atoms with van der Waals surface area (Å²) in [6, 6.07) is 9.04. The highest BCUT2D eigenvalue weighted by molar-refractivity contribution is 7.99. The minimum absolute atomic E-state index is 0.0566. The van der Waals surface area contributed by atoms with Crippen LogP contribution in [0.3, 0.4) is 0 Å². The lowest BCUT2D eigenvalue weighted by Gasteiger charge is -2.13. The molecule has 1 aromatic carbocycles. The number of aromatic carboxylic acids is 1. The van der Waals surface area contributed by atoms with Crippen LogP contribution in [-0.2, 0) is 0 Å². The first-order valence-corrected chi connectivity index (χ1v) is 7.42. The summed E-state index contributed by atoms with van der Waals surface area (Å²) in [6.07, 6.45) is 1.75. The highest BCUT2D eigenvalue weighted by Crippen LogP contribution is 2.34. The van der Waals surface area contributed by atoms with Crippen LogP contribution in [0.15, 0.2) is 46.5 Å². The number of hydrogen-bond donors (Lipinski definition) is 1. The van der Waals surface area contributed by atoms with Crippen molar-refractivity contribution in [1.29, 1.82) is 0 Å². The van der Waals surface area contributed by atoms with E-state index in [0.29, 0.717) is 11.3 Å². The van der Waals surface area contributed by atoms with Gasteiger partial charge in [-0.3, -0.25) is 0 Å². The molecule has 2 aromatic rings. The molecule has 0 spiro atoms. The summed E-state index contributed by atoms with van der Waals surface area (Å²) < 4.78 is 5.72. The first-order valence-electron chi connectivity index (χ1n) is 6.61. The van der Waals surface area contributed by atoms with E-state index >= 15 is 0 Å². The average Bonchev–Trinajstić information content (AvgIpc) is 2.42. The summed E-state index contributed by atoms with van der Waals surface area (Å²) in [5.41, 5.74) is 1.05. The van der Waals surface area contributed by atoms with Crippen LogP contribution in [0.2, 0.25) is 0 Å². The van der Waals surface area contributed by atoms with Crippen molar-refractivity contribution >= 4 is 17.7 Å². The quantitative estimate of drug-likeness (QED) is 0.903. The van der Waals surface area contributed by atoms with Crippen molar-refractivity contribution in [3.05, 3.63) is 47.7 Å². The minimum atomic E-state index is -0.922. The van der Waals surface area contributed by atoms with Gasteiger partial charge in [0, 0.05) is 11.1 Å². The molecule has 1 aromatic heterocycles. The molecule has 0 radical (unpaired) electrons. The zero-order valence-corrected chi connectivity index (χ0v) is 13.0. The minimum Gasteiger partial charge on any atom is -0.488 e. The van der Waals surface area contributed by atoms with Crippen molar-refractivity contribution in [1.82, 2.24) is 4.98 Å². The molecule has 0 bridgehead atoms. The van der Waals surface area contributed by atoms with Crippen molar-refractivity contribution in [2.24, 2.45) is 0 Å². The van der Waals surface area contributed by atoms with E-state index in [1.807, 2.05) is 32.0 Å². The zero-order valence-electron chi connectivity index (χ0n) is 12.2. The average molecular weight is 303 g/mol. The van der Waals surface area contributed by atoms with Gasteiger partial charge in [-0.1, -0.05) is 17.8 Å². The van der Waals surface area contributed by atoms with Crippen LogP contribution in [0.4, 0.5) is 0 Å². The summed E-state index contributed by atoms with van der Waals surface area (Å²) in [5.74, 6) is -0.218. The largest absolute Gasteiger partial charge is 0.488 e. The van der Waals surface area contributed by atoms with E-state index in [2.05, 4.69) is 4.98 Å². The van der Waals surface area contributed by atoms with Crippen LogP contribution < -0.4 is 4.74 Å². The maximum Gasteiger partial charge on any atom is 0.335 e. The lowest BCUT2D eigenvalue weighted by molar-refractivity contribution is 0.0696. The van der Waals surface area contributed by atoms with Crippen molar-refractivity contribution in [2.75, 3.05) is 0 Å². The molecule has 0 saturated heterocycles. The number of pyridine rings is 1. The van der Waals surface area contributed by atoms with E-state index < -0.39 is 5.97 Å². The van der Waals surface area contributed by atoms with Crippen LogP contribution in [-0.4, -0.2) is 22.2 Å². The van der Waals surface area contributed by atoms with E-state index in [9.17, 15) is 9.90 Å². The lowest BCUT2D eigenvalue weighted by atomic mass is 10.1. The van der Waals surface area contributed by atoms with E-state index in [4.69, 9.17) is 4.74 Å². The number of benzene rings is 1. The van der Waals surface area contributed by atoms with Gasteiger partial charge in [-0.2, -0.15) is 0 Å². The lowest BCUT2D eigenvalue weighted by Crippen LogP contribution is -2.06. The molecule has 110 valence electrons. The molecule has 21 heavy (non-hydrogen) atoms. The molecular formula is C16H17NO3S. The van der Waals surface area contributed by atoms with Crippen LogP contribution in [0.5, 0.6) is 5.75 Å². The highest BCUT2D eigenvalue weighted by Gasteiger charge is 2.12. The van der Waals surface area contributed by atoms with Gasteiger partial charge >= 0.3 is 5.97 Å². The maximum absolute atomic E-state index is 11.2. The second kappa shape index (κ2) is 6.63. The third kappa shape index (κ3) is 3.98. The first kappa shape index (κ1) is 15.4. The topological polar surface area (TPSA) is 59.4 Å². The molecular weight excluding hydrogens is 286 g/mol. The second-order valence-corrected chi connectivity index (χ2v) is 5.92. The Morgan fingerprint density at radius 1 is 1.33 bits per heavy atom. The van der Waals surface area contributed by atoms with Gasteiger partial charge in [-0.15, -0.1) is 0 Å². The molecule has 1 N–H and O–H groups in total. The van der Waals surface area contributed by atoms with Gasteiger partial charge in [0.25, 0.3) is 0 Å². The Labute approximate surface area is 128 Å². The Hall–Kier alpha value is -2.01. The molecule has 1 heterocycles. The molecule has 2 rings (SSSR count). The summed E-state index contributed by atoms with van der Waals surface area (Å²) in [5, 5.41) is 9.91. The summed E-state index contributed by atoms with van der Waals surface area (Å²) in [4.78, 5) is 16.3. The molecule has 0 amide bonds. The van der Waals surface area contributed by atoms with E-state index in [-0.39, 0.29) is 6.10 Å². The van der Waals surface area contributed by atoms with Gasteiger partial charge in [0.15, 0.2) is 5.75 Å². The fraction of sp³-hybridized carbons (Fsp3) is 0.250. The zero-order chi connectivity index (χ0) is 15.4. The number of nitrogens with zero attached hydrogens (tertiary/aromatic N) is 1. The number of carbonyl (C=O) groups is 1. The van der Waals surface area contributed by atoms with Gasteiger partial charge in [0.05, 0.1) is 11.7 Å². The third-order valence-electron chi connectivity index (χ3n) is 2.75. The maximum atomic E-state index is 11.2. The second-order valence-electron chi connectivity index (χ2n) is 4.86. The van der Waals surface area contributed by atoms with E-state index in [0.717, 1.165) is 15.5 Å². The van der Waals surface area contributed by atoms with Gasteiger partial charge in [-0.05, 0) is 50.6 Å². The highest BCUT2D eigenvalue weighted by atomic mass is 32.2. The Morgan fingerprint density at radius 2 is 2.10 bits per heavy atom. The van der Waals surface area contributed by atoms with Gasteiger partial charge in [0.1, 0.15) is 5.03 Å². The number of aryl methyl sites for hydroxylation is 1.